The van der Waals surface area contributed by atoms with Crippen LogP contribution in [0.2, 0.25) is 0 Å². The maximum Gasteiger partial charge on any atom is 0.416 e. The van der Waals surface area contributed by atoms with Crippen LogP contribution in [-0.2, 0) is 6.18 Å². The molecule has 0 saturated heterocycles. The molecule has 0 amide bonds. The first-order chi connectivity index (χ1) is 9.36. The third kappa shape index (κ3) is 3.96. The fourth-order valence-corrected chi connectivity index (χ4v) is 2.66. The molecule has 0 spiro atoms. The molecule has 1 aliphatic carbocycles. The van der Waals surface area contributed by atoms with Gasteiger partial charge in [-0.2, -0.15) is 13.2 Å². The normalized spacial score (nSPS) is 24.9. The second kappa shape index (κ2) is 6.14. The molecule has 2 rings (SSSR count). The summed E-state index contributed by atoms with van der Waals surface area (Å²) in [6.07, 6.45) is -1.81. The Balaban J connectivity index is 1.87. The summed E-state index contributed by atoms with van der Waals surface area (Å²) in [7, 11) is 0. The maximum atomic E-state index is 12.5. The number of benzene rings is 1. The number of hydrogen-bond donors (Lipinski definition) is 2. The first-order valence-electron chi connectivity index (χ1n) is 6.95. The largest absolute Gasteiger partial charge is 0.416 e. The van der Waals surface area contributed by atoms with E-state index in [0.29, 0.717) is 5.92 Å². The lowest BCUT2D eigenvalue weighted by Crippen LogP contribution is -2.25. The average Bonchev–Trinajstić information content (AvgIpc) is 2.81. The van der Waals surface area contributed by atoms with Crippen molar-refractivity contribution in [2.75, 3.05) is 6.54 Å². The van der Waals surface area contributed by atoms with Gasteiger partial charge in [-0.05, 0) is 56.3 Å². The van der Waals surface area contributed by atoms with Crippen molar-refractivity contribution < 1.29 is 18.3 Å². The standard InChI is InChI=1S/C15H20F3NO/c1-10(19-9-11-2-7-14(20)8-11)12-3-5-13(6-4-12)15(16,17)18/h3-6,10-11,14,19-20H,2,7-9H2,1H3. The summed E-state index contributed by atoms with van der Waals surface area (Å²) >= 11 is 0. The summed E-state index contributed by atoms with van der Waals surface area (Å²) in [5.41, 5.74) is 0.226. The molecule has 3 unspecified atom stereocenters. The zero-order valence-electron chi connectivity index (χ0n) is 11.5. The Morgan fingerprint density at radius 3 is 2.40 bits per heavy atom. The van der Waals surface area contributed by atoms with E-state index in [1.807, 2.05) is 6.92 Å². The van der Waals surface area contributed by atoms with Crippen LogP contribution in [-0.4, -0.2) is 17.8 Å². The van der Waals surface area contributed by atoms with Gasteiger partial charge in [-0.1, -0.05) is 12.1 Å². The highest BCUT2D eigenvalue weighted by Gasteiger charge is 2.30. The van der Waals surface area contributed by atoms with Gasteiger partial charge in [-0.15, -0.1) is 0 Å². The van der Waals surface area contributed by atoms with E-state index in [1.54, 1.807) is 0 Å². The highest BCUT2D eigenvalue weighted by Crippen LogP contribution is 2.30. The molecular formula is C15H20F3NO. The SMILES string of the molecule is CC(NCC1CCC(O)C1)c1ccc(C(F)(F)F)cc1. The molecule has 2 nitrogen and oxygen atoms in total. The minimum atomic E-state index is -4.28. The number of rotatable bonds is 4. The highest BCUT2D eigenvalue weighted by molar-refractivity contribution is 5.26. The molecule has 1 saturated carbocycles. The van der Waals surface area contributed by atoms with E-state index in [4.69, 9.17) is 0 Å². The van der Waals surface area contributed by atoms with E-state index < -0.39 is 11.7 Å². The average molecular weight is 287 g/mol. The summed E-state index contributed by atoms with van der Waals surface area (Å²) in [5.74, 6) is 0.460. The molecule has 1 aromatic carbocycles. The van der Waals surface area contributed by atoms with Gasteiger partial charge in [-0.25, -0.2) is 0 Å². The summed E-state index contributed by atoms with van der Waals surface area (Å²) in [6.45, 7) is 2.73. The lowest BCUT2D eigenvalue weighted by atomic mass is 10.0. The van der Waals surface area contributed by atoms with Crippen LogP contribution in [0, 0.1) is 5.92 Å². The fraction of sp³-hybridized carbons (Fsp3) is 0.600. The van der Waals surface area contributed by atoms with Crippen molar-refractivity contribution in [2.45, 2.75) is 44.5 Å². The summed E-state index contributed by atoms with van der Waals surface area (Å²) < 4.78 is 37.4. The molecule has 1 aromatic rings. The lowest BCUT2D eigenvalue weighted by molar-refractivity contribution is -0.137. The Kier molecular flexibility index (Phi) is 4.70. The molecule has 0 aromatic heterocycles. The minimum absolute atomic E-state index is 0.00928. The van der Waals surface area contributed by atoms with Gasteiger partial charge in [0, 0.05) is 6.04 Å². The van der Waals surface area contributed by atoms with Crippen LogP contribution in [0.5, 0.6) is 0 Å². The molecule has 0 bridgehead atoms. The van der Waals surface area contributed by atoms with Crippen molar-refractivity contribution in [3.05, 3.63) is 35.4 Å². The quantitative estimate of drug-likeness (QED) is 0.888. The second-order valence-corrected chi connectivity index (χ2v) is 5.58. The van der Waals surface area contributed by atoms with Crippen LogP contribution in [0.3, 0.4) is 0 Å². The fourth-order valence-electron chi connectivity index (χ4n) is 2.66. The Morgan fingerprint density at radius 2 is 1.90 bits per heavy atom. The zero-order valence-corrected chi connectivity index (χ0v) is 11.5. The first kappa shape index (κ1) is 15.3. The molecule has 3 atom stereocenters. The van der Waals surface area contributed by atoms with Crippen LogP contribution in [0.25, 0.3) is 0 Å². The van der Waals surface area contributed by atoms with Gasteiger partial charge >= 0.3 is 6.18 Å². The predicted octanol–water partition coefficient (Wildman–Crippen LogP) is 3.52. The van der Waals surface area contributed by atoms with E-state index in [0.717, 1.165) is 43.5 Å². The van der Waals surface area contributed by atoms with E-state index >= 15 is 0 Å². The molecular weight excluding hydrogens is 267 g/mol. The van der Waals surface area contributed by atoms with Gasteiger partial charge in [0.1, 0.15) is 0 Å². The molecule has 112 valence electrons. The molecule has 1 aliphatic rings. The third-order valence-electron chi connectivity index (χ3n) is 3.96. The Morgan fingerprint density at radius 1 is 1.25 bits per heavy atom. The minimum Gasteiger partial charge on any atom is -0.393 e. The van der Waals surface area contributed by atoms with Crippen LogP contribution in [0.1, 0.15) is 43.4 Å². The summed E-state index contributed by atoms with van der Waals surface area (Å²) in [5, 5.41) is 12.8. The van der Waals surface area contributed by atoms with E-state index in [-0.39, 0.29) is 12.1 Å². The van der Waals surface area contributed by atoms with E-state index in [9.17, 15) is 18.3 Å². The number of halogens is 3. The van der Waals surface area contributed by atoms with Gasteiger partial charge < -0.3 is 10.4 Å². The smallest absolute Gasteiger partial charge is 0.393 e. The van der Waals surface area contributed by atoms with Gasteiger partial charge in [-0.3, -0.25) is 0 Å². The Bertz CT molecular complexity index is 430. The van der Waals surface area contributed by atoms with E-state index in [1.165, 1.54) is 12.1 Å². The van der Waals surface area contributed by atoms with Crippen molar-refractivity contribution in [1.82, 2.24) is 5.32 Å². The summed E-state index contributed by atoms with van der Waals surface area (Å²) in [6, 6.07) is 5.28. The van der Waals surface area contributed by atoms with Crippen molar-refractivity contribution >= 4 is 0 Å². The third-order valence-corrected chi connectivity index (χ3v) is 3.96. The van der Waals surface area contributed by atoms with Crippen LogP contribution < -0.4 is 5.32 Å². The summed E-state index contributed by atoms with van der Waals surface area (Å²) in [4.78, 5) is 0. The van der Waals surface area contributed by atoms with Gasteiger partial charge in [0.25, 0.3) is 0 Å². The highest BCUT2D eigenvalue weighted by atomic mass is 19.4. The second-order valence-electron chi connectivity index (χ2n) is 5.58. The van der Waals surface area contributed by atoms with E-state index in [2.05, 4.69) is 5.32 Å². The molecule has 5 heteroatoms. The Labute approximate surface area is 117 Å². The number of aliphatic hydroxyl groups excluding tert-OH is 1. The first-order valence-corrected chi connectivity index (χ1v) is 6.95. The number of hydrogen-bond acceptors (Lipinski definition) is 2. The molecule has 20 heavy (non-hydrogen) atoms. The topological polar surface area (TPSA) is 32.3 Å². The van der Waals surface area contributed by atoms with Gasteiger partial charge in [0.05, 0.1) is 11.7 Å². The van der Waals surface area contributed by atoms with Crippen molar-refractivity contribution in [2.24, 2.45) is 5.92 Å². The Hall–Kier alpha value is -1.07. The van der Waals surface area contributed by atoms with Gasteiger partial charge in [0.2, 0.25) is 0 Å². The van der Waals surface area contributed by atoms with Crippen LogP contribution in [0.15, 0.2) is 24.3 Å². The monoisotopic (exact) mass is 287 g/mol. The van der Waals surface area contributed by atoms with Crippen LogP contribution >= 0.6 is 0 Å². The zero-order chi connectivity index (χ0) is 14.8. The molecule has 0 radical (unpaired) electrons. The molecule has 0 heterocycles. The molecule has 1 fully saturated rings. The maximum absolute atomic E-state index is 12.5. The van der Waals surface area contributed by atoms with Crippen LogP contribution in [0.4, 0.5) is 13.2 Å². The van der Waals surface area contributed by atoms with Crippen molar-refractivity contribution in [3.8, 4) is 0 Å². The molecule has 2 N–H and O–H groups in total. The van der Waals surface area contributed by atoms with Crippen molar-refractivity contribution in [1.29, 1.82) is 0 Å². The number of nitrogens with one attached hydrogen (secondary N) is 1. The number of aliphatic hydroxyl groups is 1. The van der Waals surface area contributed by atoms with Gasteiger partial charge in [0.15, 0.2) is 0 Å². The number of alkyl halides is 3. The lowest BCUT2D eigenvalue weighted by Gasteiger charge is -2.18. The predicted molar refractivity (Wildman–Crippen MR) is 71.2 cm³/mol. The van der Waals surface area contributed by atoms with Crippen molar-refractivity contribution in [3.63, 3.8) is 0 Å². The molecule has 0 aliphatic heterocycles.